The Bertz CT molecular complexity index is 1280. The summed E-state index contributed by atoms with van der Waals surface area (Å²) in [5.41, 5.74) is 7.71. The fourth-order valence-corrected chi connectivity index (χ4v) is 4.76. The topological polar surface area (TPSA) is 115 Å². The Labute approximate surface area is 215 Å². The van der Waals surface area contributed by atoms with Crippen LogP contribution in [0.5, 0.6) is 0 Å². The Hall–Kier alpha value is -4.78. The van der Waals surface area contributed by atoms with Crippen molar-refractivity contribution in [3.05, 3.63) is 148 Å². The number of nitrogens with zero attached hydrogens (tertiary/aromatic N) is 1. The van der Waals surface area contributed by atoms with Crippen molar-refractivity contribution < 1.29 is 14.5 Å². The van der Waals surface area contributed by atoms with E-state index in [1.165, 1.54) is 6.07 Å². The van der Waals surface area contributed by atoms with E-state index >= 15 is 0 Å². The molecule has 0 saturated carbocycles. The molecule has 4 aromatic rings. The smallest absolute Gasteiger partial charge is 0.272 e. The summed E-state index contributed by atoms with van der Waals surface area (Å²) in [6.07, 6.45) is -0.0983. The third-order valence-electron chi connectivity index (χ3n) is 6.52. The number of rotatable bonds is 10. The lowest BCUT2D eigenvalue weighted by Crippen LogP contribution is -2.48. The van der Waals surface area contributed by atoms with Crippen LogP contribution in [-0.2, 0) is 21.4 Å². The van der Waals surface area contributed by atoms with Gasteiger partial charge < -0.3 is 11.1 Å². The zero-order valence-electron chi connectivity index (χ0n) is 20.1. The van der Waals surface area contributed by atoms with Crippen molar-refractivity contribution in [2.45, 2.75) is 24.3 Å². The van der Waals surface area contributed by atoms with E-state index in [0.29, 0.717) is 5.56 Å². The number of para-hydroxylation sites is 1. The van der Waals surface area contributed by atoms with Crippen LogP contribution >= 0.6 is 0 Å². The summed E-state index contributed by atoms with van der Waals surface area (Å²) in [6.45, 7) is 0. The second kappa shape index (κ2) is 11.3. The van der Waals surface area contributed by atoms with E-state index in [1.807, 2.05) is 91.0 Å². The minimum Gasteiger partial charge on any atom is -0.368 e. The third-order valence-corrected chi connectivity index (χ3v) is 6.52. The van der Waals surface area contributed by atoms with Gasteiger partial charge >= 0.3 is 0 Å². The first-order valence-corrected chi connectivity index (χ1v) is 11.9. The molecule has 2 amide bonds. The van der Waals surface area contributed by atoms with Crippen molar-refractivity contribution in [1.29, 1.82) is 0 Å². The summed E-state index contributed by atoms with van der Waals surface area (Å²) in [7, 11) is 0. The van der Waals surface area contributed by atoms with E-state index in [-0.39, 0.29) is 18.5 Å². The maximum absolute atomic E-state index is 13.6. The van der Waals surface area contributed by atoms with E-state index in [0.717, 1.165) is 16.7 Å². The molecule has 0 aliphatic rings. The summed E-state index contributed by atoms with van der Waals surface area (Å²) in [4.78, 5) is 36.9. The largest absolute Gasteiger partial charge is 0.368 e. The van der Waals surface area contributed by atoms with Crippen molar-refractivity contribution >= 4 is 17.5 Å². The van der Waals surface area contributed by atoms with E-state index in [4.69, 9.17) is 5.73 Å². The fourth-order valence-electron chi connectivity index (χ4n) is 4.76. The molecule has 0 radical (unpaired) electrons. The van der Waals surface area contributed by atoms with Gasteiger partial charge in [-0.15, -0.1) is 0 Å². The van der Waals surface area contributed by atoms with E-state index in [1.54, 1.807) is 18.2 Å². The Morgan fingerprint density at radius 3 is 1.62 bits per heavy atom. The zero-order valence-corrected chi connectivity index (χ0v) is 20.1. The average molecular weight is 494 g/mol. The molecule has 7 nitrogen and oxygen atoms in total. The predicted octanol–water partition coefficient (Wildman–Crippen LogP) is 4.53. The molecular weight excluding hydrogens is 466 g/mol. The molecule has 0 bridgehead atoms. The van der Waals surface area contributed by atoms with Gasteiger partial charge in [0.2, 0.25) is 11.8 Å². The van der Waals surface area contributed by atoms with Crippen LogP contribution in [-0.4, -0.2) is 22.8 Å². The monoisotopic (exact) mass is 493 g/mol. The average Bonchev–Trinajstić information content (AvgIpc) is 2.93. The van der Waals surface area contributed by atoms with Crippen LogP contribution in [0.3, 0.4) is 0 Å². The van der Waals surface area contributed by atoms with Gasteiger partial charge in [-0.2, -0.15) is 0 Å². The third kappa shape index (κ3) is 5.56. The SMILES string of the molecule is NC(=O)[C@@H](Cc1ccccc1[N+](=O)[O-])NC(=O)CC(c1ccccc1)(c1ccccc1)c1ccccc1. The van der Waals surface area contributed by atoms with Crippen molar-refractivity contribution in [1.82, 2.24) is 5.32 Å². The molecular formula is C30H27N3O4. The van der Waals surface area contributed by atoms with Crippen molar-refractivity contribution in [3.8, 4) is 0 Å². The zero-order chi connectivity index (χ0) is 26.3. The van der Waals surface area contributed by atoms with Crippen LogP contribution < -0.4 is 11.1 Å². The number of primary amides is 1. The Morgan fingerprint density at radius 2 is 1.19 bits per heavy atom. The van der Waals surface area contributed by atoms with E-state index in [9.17, 15) is 19.7 Å². The lowest BCUT2D eigenvalue weighted by Gasteiger charge is -2.36. The molecule has 0 saturated heterocycles. The highest BCUT2D eigenvalue weighted by Crippen LogP contribution is 2.42. The molecule has 0 aliphatic carbocycles. The van der Waals surface area contributed by atoms with Gasteiger partial charge in [0, 0.05) is 24.5 Å². The first-order valence-electron chi connectivity index (χ1n) is 11.9. The van der Waals surface area contributed by atoms with Crippen LogP contribution in [0.25, 0.3) is 0 Å². The number of carbonyl (C=O) groups excluding carboxylic acids is 2. The molecule has 3 N–H and O–H groups in total. The summed E-state index contributed by atoms with van der Waals surface area (Å²) in [5, 5.41) is 14.2. The number of hydrogen-bond acceptors (Lipinski definition) is 4. The van der Waals surface area contributed by atoms with Gasteiger partial charge in [-0.25, -0.2) is 0 Å². The van der Waals surface area contributed by atoms with Crippen LogP contribution in [0.15, 0.2) is 115 Å². The summed E-state index contributed by atoms with van der Waals surface area (Å²) in [5.74, 6) is -1.17. The van der Waals surface area contributed by atoms with E-state index in [2.05, 4.69) is 5.32 Å². The van der Waals surface area contributed by atoms with E-state index < -0.39 is 28.2 Å². The van der Waals surface area contributed by atoms with Gasteiger partial charge in [0.05, 0.1) is 10.3 Å². The molecule has 0 aromatic heterocycles. The number of hydrogen-bond donors (Lipinski definition) is 2. The van der Waals surface area contributed by atoms with Crippen LogP contribution in [0.4, 0.5) is 5.69 Å². The number of nitro groups is 1. The normalized spacial score (nSPS) is 11.9. The summed E-state index contributed by atoms with van der Waals surface area (Å²) < 4.78 is 0. The van der Waals surface area contributed by atoms with Crippen LogP contribution in [0.1, 0.15) is 28.7 Å². The first kappa shape index (κ1) is 25.3. The highest BCUT2D eigenvalue weighted by Gasteiger charge is 2.39. The van der Waals surface area contributed by atoms with Crippen molar-refractivity contribution in [2.75, 3.05) is 0 Å². The Balaban J connectivity index is 1.73. The lowest BCUT2D eigenvalue weighted by atomic mass is 9.67. The summed E-state index contributed by atoms with van der Waals surface area (Å²) in [6, 6.07) is 34.2. The molecule has 4 aromatic carbocycles. The molecule has 37 heavy (non-hydrogen) atoms. The number of benzene rings is 4. The van der Waals surface area contributed by atoms with Crippen molar-refractivity contribution in [2.24, 2.45) is 5.73 Å². The number of nitrogens with one attached hydrogen (secondary N) is 1. The molecule has 0 heterocycles. The molecule has 4 rings (SSSR count). The predicted molar refractivity (Wildman–Crippen MR) is 142 cm³/mol. The lowest BCUT2D eigenvalue weighted by molar-refractivity contribution is -0.385. The molecule has 1 atom stereocenters. The van der Waals surface area contributed by atoms with Crippen LogP contribution in [0, 0.1) is 10.1 Å². The van der Waals surface area contributed by atoms with Gasteiger partial charge in [0.25, 0.3) is 5.69 Å². The number of amides is 2. The molecule has 0 fully saturated rings. The standard InChI is InChI=1S/C30H27N3O4/c31-29(35)26(20-22-12-10-11-19-27(22)33(36)37)32-28(34)21-30(23-13-4-1-5-14-23,24-15-6-2-7-16-24)25-17-8-3-9-18-25/h1-19,26H,20-21H2,(H2,31,35)(H,32,34)/t26-/m1/s1. The van der Waals surface area contributed by atoms with Crippen molar-refractivity contribution in [3.63, 3.8) is 0 Å². The molecule has 7 heteroatoms. The molecule has 0 unspecified atom stereocenters. The molecule has 186 valence electrons. The molecule has 0 spiro atoms. The Morgan fingerprint density at radius 1 is 0.757 bits per heavy atom. The fraction of sp³-hybridized carbons (Fsp3) is 0.133. The first-order chi connectivity index (χ1) is 17.9. The minimum absolute atomic E-state index is 0.00823. The minimum atomic E-state index is -1.12. The number of nitro benzene ring substituents is 1. The maximum atomic E-state index is 13.6. The summed E-state index contributed by atoms with van der Waals surface area (Å²) >= 11 is 0. The van der Waals surface area contributed by atoms with Gasteiger partial charge in [-0.05, 0) is 16.7 Å². The number of carbonyl (C=O) groups is 2. The highest BCUT2D eigenvalue weighted by atomic mass is 16.6. The number of nitrogens with two attached hydrogens (primary N) is 1. The second-order valence-corrected chi connectivity index (χ2v) is 8.79. The van der Waals surface area contributed by atoms with Crippen LogP contribution in [0.2, 0.25) is 0 Å². The second-order valence-electron chi connectivity index (χ2n) is 8.79. The Kier molecular flexibility index (Phi) is 7.74. The quantitative estimate of drug-likeness (QED) is 0.192. The van der Waals surface area contributed by atoms with Gasteiger partial charge in [0.1, 0.15) is 6.04 Å². The van der Waals surface area contributed by atoms with Gasteiger partial charge in [-0.1, -0.05) is 109 Å². The van der Waals surface area contributed by atoms with Gasteiger partial charge in [0.15, 0.2) is 0 Å². The maximum Gasteiger partial charge on any atom is 0.272 e. The highest BCUT2D eigenvalue weighted by molar-refractivity contribution is 5.88. The molecule has 0 aliphatic heterocycles. The van der Waals surface area contributed by atoms with Gasteiger partial charge in [-0.3, -0.25) is 19.7 Å².